The lowest BCUT2D eigenvalue weighted by atomic mass is 10.6. The number of aromatic nitrogens is 2. The summed E-state index contributed by atoms with van der Waals surface area (Å²) in [4.78, 5) is 7.54. The number of nitrogens with zero attached hydrogens (tertiary/aromatic N) is 2. The highest BCUT2D eigenvalue weighted by Crippen LogP contribution is 2.04. The molecule has 5 heteroatoms. The number of rotatable bonds is 3. The van der Waals surface area contributed by atoms with Crippen LogP contribution in [0.5, 0.6) is 5.88 Å². The van der Waals surface area contributed by atoms with E-state index in [1.165, 1.54) is 12.4 Å². The molecular weight excluding hydrogens is 146 g/mol. The molecule has 1 aromatic heterocycles. The van der Waals surface area contributed by atoms with Gasteiger partial charge in [0.25, 0.3) is 0 Å². The molecule has 0 saturated heterocycles. The highest BCUT2D eigenvalue weighted by Gasteiger charge is 1.94. The zero-order chi connectivity index (χ0) is 8.10. The number of anilines is 1. The Kier molecular flexibility index (Phi) is 2.62. The van der Waals surface area contributed by atoms with Gasteiger partial charge in [-0.25, -0.2) is 0 Å². The Bertz CT molecular complexity index is 229. The van der Waals surface area contributed by atoms with Crippen LogP contribution in [0.3, 0.4) is 0 Å². The molecule has 0 spiro atoms. The molecule has 1 rings (SSSR count). The van der Waals surface area contributed by atoms with Gasteiger partial charge in [0.15, 0.2) is 0 Å². The number of aliphatic hydroxyl groups excluding tert-OH is 1. The zero-order valence-corrected chi connectivity index (χ0v) is 5.90. The van der Waals surface area contributed by atoms with Crippen LogP contribution in [0.4, 0.5) is 5.82 Å². The summed E-state index contributed by atoms with van der Waals surface area (Å²) in [5, 5.41) is 8.39. The van der Waals surface area contributed by atoms with E-state index >= 15 is 0 Å². The van der Waals surface area contributed by atoms with Crippen molar-refractivity contribution in [3.05, 3.63) is 12.4 Å². The molecule has 60 valence electrons. The second kappa shape index (κ2) is 3.72. The fourth-order valence-electron chi connectivity index (χ4n) is 0.582. The molecule has 1 heterocycles. The fourth-order valence-corrected chi connectivity index (χ4v) is 0.582. The minimum atomic E-state index is -0.0452. The van der Waals surface area contributed by atoms with E-state index < -0.39 is 0 Å². The number of ether oxygens (including phenoxy) is 1. The highest BCUT2D eigenvalue weighted by atomic mass is 16.5. The summed E-state index contributed by atoms with van der Waals surface area (Å²) < 4.78 is 4.93. The lowest BCUT2D eigenvalue weighted by Gasteiger charge is -2.01. The van der Waals surface area contributed by atoms with E-state index in [0.717, 1.165) is 0 Å². The fraction of sp³-hybridized carbons (Fsp3) is 0.333. The number of nitrogen functional groups attached to an aromatic ring is 1. The van der Waals surface area contributed by atoms with Crippen molar-refractivity contribution in [2.45, 2.75) is 0 Å². The number of hydrogen-bond acceptors (Lipinski definition) is 5. The second-order valence-corrected chi connectivity index (χ2v) is 1.85. The SMILES string of the molecule is Nc1cncc(OCCO)n1. The summed E-state index contributed by atoms with van der Waals surface area (Å²) in [5.41, 5.74) is 5.31. The van der Waals surface area contributed by atoms with Crippen molar-refractivity contribution >= 4 is 5.82 Å². The summed E-state index contributed by atoms with van der Waals surface area (Å²) in [5.74, 6) is 0.638. The van der Waals surface area contributed by atoms with Gasteiger partial charge in [0.05, 0.1) is 19.0 Å². The molecule has 3 N–H and O–H groups in total. The first kappa shape index (κ1) is 7.74. The molecule has 11 heavy (non-hydrogen) atoms. The van der Waals surface area contributed by atoms with Crippen molar-refractivity contribution in [2.75, 3.05) is 18.9 Å². The van der Waals surface area contributed by atoms with E-state index in [1.54, 1.807) is 0 Å². The van der Waals surface area contributed by atoms with Gasteiger partial charge in [0, 0.05) is 0 Å². The maximum atomic E-state index is 8.39. The second-order valence-electron chi connectivity index (χ2n) is 1.85. The maximum Gasteiger partial charge on any atom is 0.234 e. The largest absolute Gasteiger partial charge is 0.474 e. The Morgan fingerprint density at radius 3 is 3.00 bits per heavy atom. The number of hydrogen-bond donors (Lipinski definition) is 2. The van der Waals surface area contributed by atoms with Crippen molar-refractivity contribution in [1.29, 1.82) is 0 Å². The molecule has 0 unspecified atom stereocenters. The van der Waals surface area contributed by atoms with E-state index in [9.17, 15) is 0 Å². The van der Waals surface area contributed by atoms with Crippen molar-refractivity contribution in [2.24, 2.45) is 0 Å². The average Bonchev–Trinajstić information content (AvgIpc) is 2.01. The third-order valence-electron chi connectivity index (χ3n) is 0.972. The Labute approximate surface area is 63.8 Å². The molecule has 0 bridgehead atoms. The quantitative estimate of drug-likeness (QED) is 0.610. The van der Waals surface area contributed by atoms with Crippen LogP contribution in [0.15, 0.2) is 12.4 Å². The van der Waals surface area contributed by atoms with E-state index in [0.29, 0.717) is 11.7 Å². The molecule has 0 saturated carbocycles. The average molecular weight is 155 g/mol. The van der Waals surface area contributed by atoms with Gasteiger partial charge in [-0.3, -0.25) is 4.98 Å². The summed E-state index contributed by atoms with van der Waals surface area (Å²) in [7, 11) is 0. The van der Waals surface area contributed by atoms with Crippen molar-refractivity contribution < 1.29 is 9.84 Å². The van der Waals surface area contributed by atoms with Gasteiger partial charge in [0.2, 0.25) is 5.88 Å². The maximum absolute atomic E-state index is 8.39. The summed E-state index contributed by atoms with van der Waals surface area (Å²) in [6.45, 7) is 0.161. The van der Waals surface area contributed by atoms with E-state index in [4.69, 9.17) is 15.6 Å². The highest BCUT2D eigenvalue weighted by molar-refractivity contribution is 5.25. The van der Waals surface area contributed by atoms with Crippen LogP contribution in [-0.4, -0.2) is 28.3 Å². The Hall–Kier alpha value is -1.36. The van der Waals surface area contributed by atoms with Crippen LogP contribution < -0.4 is 10.5 Å². The van der Waals surface area contributed by atoms with Crippen molar-refractivity contribution in [3.8, 4) is 5.88 Å². The standard InChI is InChI=1S/C6H9N3O2/c7-5-3-8-4-6(9-5)11-2-1-10/h3-4,10H,1-2H2,(H2,7,9). The third kappa shape index (κ3) is 2.38. The first-order chi connectivity index (χ1) is 5.33. The lowest BCUT2D eigenvalue weighted by Crippen LogP contribution is -2.04. The van der Waals surface area contributed by atoms with Gasteiger partial charge in [-0.15, -0.1) is 0 Å². The molecule has 0 amide bonds. The molecule has 0 aliphatic heterocycles. The molecule has 0 atom stereocenters. The number of aliphatic hydroxyl groups is 1. The first-order valence-corrected chi connectivity index (χ1v) is 3.14. The molecule has 0 fully saturated rings. The van der Waals surface area contributed by atoms with Crippen LogP contribution in [0, 0.1) is 0 Å². The summed E-state index contributed by atoms with van der Waals surface area (Å²) >= 11 is 0. The van der Waals surface area contributed by atoms with E-state index in [1.807, 2.05) is 0 Å². The summed E-state index contributed by atoms with van der Waals surface area (Å²) in [6, 6.07) is 0. The van der Waals surface area contributed by atoms with Crippen LogP contribution in [0.25, 0.3) is 0 Å². The predicted octanol–water partition coefficient (Wildman–Crippen LogP) is -0.570. The van der Waals surface area contributed by atoms with Gasteiger partial charge in [0.1, 0.15) is 12.4 Å². The normalized spacial score (nSPS) is 9.55. The predicted molar refractivity (Wildman–Crippen MR) is 39.0 cm³/mol. The minimum Gasteiger partial charge on any atom is -0.474 e. The Morgan fingerprint density at radius 1 is 1.55 bits per heavy atom. The lowest BCUT2D eigenvalue weighted by molar-refractivity contribution is 0.196. The smallest absolute Gasteiger partial charge is 0.234 e. The van der Waals surface area contributed by atoms with Gasteiger partial charge in [-0.1, -0.05) is 0 Å². The van der Waals surface area contributed by atoms with Gasteiger partial charge >= 0.3 is 0 Å². The van der Waals surface area contributed by atoms with Crippen molar-refractivity contribution in [3.63, 3.8) is 0 Å². The molecule has 0 aliphatic rings. The van der Waals surface area contributed by atoms with E-state index in [-0.39, 0.29) is 13.2 Å². The summed E-state index contributed by atoms with van der Waals surface area (Å²) in [6.07, 6.45) is 2.86. The molecule has 5 nitrogen and oxygen atoms in total. The molecular formula is C6H9N3O2. The Morgan fingerprint density at radius 2 is 2.36 bits per heavy atom. The van der Waals surface area contributed by atoms with Crippen LogP contribution in [-0.2, 0) is 0 Å². The van der Waals surface area contributed by atoms with E-state index in [2.05, 4.69) is 9.97 Å². The van der Waals surface area contributed by atoms with Crippen LogP contribution in [0.2, 0.25) is 0 Å². The number of nitrogens with two attached hydrogens (primary N) is 1. The van der Waals surface area contributed by atoms with Crippen LogP contribution >= 0.6 is 0 Å². The van der Waals surface area contributed by atoms with Gasteiger partial charge < -0.3 is 15.6 Å². The molecule has 1 aromatic rings. The van der Waals surface area contributed by atoms with Gasteiger partial charge in [-0.2, -0.15) is 4.98 Å². The topological polar surface area (TPSA) is 81.3 Å². The monoisotopic (exact) mass is 155 g/mol. The molecule has 0 radical (unpaired) electrons. The van der Waals surface area contributed by atoms with Crippen LogP contribution in [0.1, 0.15) is 0 Å². The molecule has 0 aromatic carbocycles. The van der Waals surface area contributed by atoms with Crippen molar-refractivity contribution in [1.82, 2.24) is 9.97 Å². The Balaban J connectivity index is 2.56. The third-order valence-corrected chi connectivity index (χ3v) is 0.972. The zero-order valence-electron chi connectivity index (χ0n) is 5.90. The molecule has 0 aliphatic carbocycles. The minimum absolute atomic E-state index is 0.0452. The first-order valence-electron chi connectivity index (χ1n) is 3.14. The van der Waals surface area contributed by atoms with Gasteiger partial charge in [-0.05, 0) is 0 Å².